The third kappa shape index (κ3) is 3.91. The molecule has 3 aromatic rings. The van der Waals surface area contributed by atoms with Gasteiger partial charge in [0.15, 0.2) is 11.5 Å². The van der Waals surface area contributed by atoms with Gasteiger partial charge in [-0.05, 0) is 30.2 Å². The number of benzene rings is 2. The molecule has 2 aromatic carbocycles. The second-order valence-corrected chi connectivity index (χ2v) is 6.49. The summed E-state index contributed by atoms with van der Waals surface area (Å²) >= 11 is 0. The zero-order valence-electron chi connectivity index (χ0n) is 16.4. The highest BCUT2D eigenvalue weighted by Gasteiger charge is 2.18. The van der Waals surface area contributed by atoms with Crippen molar-refractivity contribution in [3.63, 3.8) is 0 Å². The summed E-state index contributed by atoms with van der Waals surface area (Å²) in [6, 6.07) is 8.94. The van der Waals surface area contributed by atoms with Crippen LogP contribution in [0, 0.1) is 6.92 Å². The molecule has 1 aromatic heterocycles. The lowest BCUT2D eigenvalue weighted by Crippen LogP contribution is -2.16. The summed E-state index contributed by atoms with van der Waals surface area (Å²) in [5.41, 5.74) is 14.6. The average molecular weight is 394 g/mol. The van der Waals surface area contributed by atoms with Crippen LogP contribution in [-0.4, -0.2) is 31.0 Å². The van der Waals surface area contributed by atoms with Crippen molar-refractivity contribution >= 4 is 34.1 Å². The zero-order valence-corrected chi connectivity index (χ0v) is 16.4. The van der Waals surface area contributed by atoms with Crippen LogP contribution in [0.5, 0.6) is 11.5 Å². The third-order valence-electron chi connectivity index (χ3n) is 4.71. The highest BCUT2D eigenvalue weighted by atomic mass is 16.5. The van der Waals surface area contributed by atoms with Crippen molar-refractivity contribution in [3.05, 3.63) is 53.2 Å². The number of fused-ring (bicyclic) bond motifs is 1. The normalized spacial score (nSPS) is 10.6. The second-order valence-electron chi connectivity index (χ2n) is 6.49. The van der Waals surface area contributed by atoms with E-state index in [9.17, 15) is 9.59 Å². The zero-order chi connectivity index (χ0) is 21.1. The topological polar surface area (TPSA) is 130 Å². The number of pyridine rings is 1. The molecule has 0 saturated carbocycles. The van der Waals surface area contributed by atoms with Gasteiger partial charge in [-0.15, -0.1) is 0 Å². The van der Waals surface area contributed by atoms with Gasteiger partial charge < -0.3 is 26.3 Å². The third-order valence-corrected chi connectivity index (χ3v) is 4.71. The van der Waals surface area contributed by atoms with E-state index in [1.165, 1.54) is 20.4 Å². The first-order chi connectivity index (χ1) is 13.8. The molecule has 3 rings (SSSR count). The van der Waals surface area contributed by atoms with Crippen molar-refractivity contribution in [2.45, 2.75) is 13.3 Å². The summed E-state index contributed by atoms with van der Waals surface area (Å²) in [6.07, 6.45) is 1.54. The van der Waals surface area contributed by atoms with Crippen LogP contribution in [0.25, 0.3) is 10.9 Å². The molecule has 2 amide bonds. The summed E-state index contributed by atoms with van der Waals surface area (Å²) in [5.74, 6) is -0.0347. The highest BCUT2D eigenvalue weighted by Crippen LogP contribution is 2.37. The van der Waals surface area contributed by atoms with Gasteiger partial charge in [-0.3, -0.25) is 14.6 Å². The lowest BCUT2D eigenvalue weighted by Gasteiger charge is -2.17. The van der Waals surface area contributed by atoms with Crippen LogP contribution in [0.1, 0.15) is 21.5 Å². The first-order valence-electron chi connectivity index (χ1n) is 8.84. The average Bonchev–Trinajstić information content (AvgIpc) is 2.69. The van der Waals surface area contributed by atoms with E-state index in [2.05, 4.69) is 10.3 Å². The Bertz CT molecular complexity index is 1110. The molecule has 1 heterocycles. The number of nitrogens with one attached hydrogen (secondary N) is 1. The maximum atomic E-state index is 12.1. The molecule has 0 radical (unpaired) electrons. The maximum Gasteiger partial charge on any atom is 0.252 e. The summed E-state index contributed by atoms with van der Waals surface area (Å²) < 4.78 is 10.7. The van der Waals surface area contributed by atoms with Crippen LogP contribution in [0.15, 0.2) is 36.5 Å². The lowest BCUT2D eigenvalue weighted by molar-refractivity contribution is -0.117. The van der Waals surface area contributed by atoms with Crippen LogP contribution in [0.3, 0.4) is 0 Å². The maximum absolute atomic E-state index is 12.1. The number of primary amides is 2. The van der Waals surface area contributed by atoms with Crippen molar-refractivity contribution in [1.82, 2.24) is 4.98 Å². The highest BCUT2D eigenvalue weighted by molar-refractivity contribution is 6.08. The standard InChI is InChI=1S/C21H22N4O4/c1-11-12(7-19(22)26)5-4-6-15(11)25-20-13-8-17(28-2)18(29-3)9-16(13)24-10-14(20)21(23)27/h4-6,8-10H,7H2,1-3H3,(H2,22,26)(H2,23,27)(H,24,25). The Morgan fingerprint density at radius 1 is 1.10 bits per heavy atom. The van der Waals surface area contributed by atoms with E-state index in [-0.39, 0.29) is 12.0 Å². The van der Waals surface area contributed by atoms with Gasteiger partial charge in [-0.25, -0.2) is 0 Å². The molecule has 0 spiro atoms. The van der Waals surface area contributed by atoms with Gasteiger partial charge in [-0.1, -0.05) is 12.1 Å². The molecule has 8 nitrogen and oxygen atoms in total. The number of ether oxygens (including phenoxy) is 2. The molecule has 0 saturated heterocycles. The Kier molecular flexibility index (Phi) is 5.54. The van der Waals surface area contributed by atoms with E-state index in [0.717, 1.165) is 11.1 Å². The Balaban J connectivity index is 2.21. The van der Waals surface area contributed by atoms with Gasteiger partial charge in [0.2, 0.25) is 5.91 Å². The van der Waals surface area contributed by atoms with Crippen molar-refractivity contribution < 1.29 is 19.1 Å². The number of methoxy groups -OCH3 is 2. The molecule has 5 N–H and O–H groups in total. The fraction of sp³-hybridized carbons (Fsp3) is 0.190. The summed E-state index contributed by atoms with van der Waals surface area (Å²) in [6.45, 7) is 1.87. The van der Waals surface area contributed by atoms with Crippen molar-refractivity contribution in [2.75, 3.05) is 19.5 Å². The Morgan fingerprint density at radius 2 is 1.79 bits per heavy atom. The van der Waals surface area contributed by atoms with E-state index in [0.29, 0.717) is 33.8 Å². The first-order valence-corrected chi connectivity index (χ1v) is 8.84. The summed E-state index contributed by atoms with van der Waals surface area (Å²) in [7, 11) is 3.06. The molecule has 29 heavy (non-hydrogen) atoms. The first kappa shape index (κ1) is 19.9. The van der Waals surface area contributed by atoms with E-state index in [4.69, 9.17) is 20.9 Å². The summed E-state index contributed by atoms with van der Waals surface area (Å²) in [4.78, 5) is 27.7. The molecule has 0 unspecified atom stereocenters. The van der Waals surface area contributed by atoms with Crippen LogP contribution in [0.4, 0.5) is 11.4 Å². The summed E-state index contributed by atoms with van der Waals surface area (Å²) in [5, 5.41) is 3.92. The van der Waals surface area contributed by atoms with Gasteiger partial charge >= 0.3 is 0 Å². The minimum Gasteiger partial charge on any atom is -0.493 e. The molecule has 0 aliphatic rings. The monoisotopic (exact) mass is 394 g/mol. The molecular weight excluding hydrogens is 372 g/mol. The van der Waals surface area contributed by atoms with E-state index in [1.807, 2.05) is 25.1 Å². The van der Waals surface area contributed by atoms with E-state index in [1.54, 1.807) is 12.1 Å². The van der Waals surface area contributed by atoms with Gasteiger partial charge in [-0.2, -0.15) is 0 Å². The number of nitrogens with two attached hydrogens (primary N) is 2. The van der Waals surface area contributed by atoms with E-state index < -0.39 is 11.8 Å². The van der Waals surface area contributed by atoms with Crippen molar-refractivity contribution in [3.8, 4) is 11.5 Å². The molecule has 0 fully saturated rings. The van der Waals surface area contributed by atoms with Gasteiger partial charge in [0.05, 0.1) is 37.4 Å². The fourth-order valence-electron chi connectivity index (χ4n) is 3.17. The van der Waals surface area contributed by atoms with Crippen molar-refractivity contribution in [2.24, 2.45) is 11.5 Å². The number of rotatable bonds is 7. The van der Waals surface area contributed by atoms with Crippen LogP contribution in [0.2, 0.25) is 0 Å². The molecule has 0 bridgehead atoms. The smallest absolute Gasteiger partial charge is 0.252 e. The molecule has 0 aliphatic carbocycles. The number of hydrogen-bond donors (Lipinski definition) is 3. The SMILES string of the molecule is COc1cc2ncc(C(N)=O)c(Nc3cccc(CC(N)=O)c3C)c2cc1OC. The Labute approximate surface area is 167 Å². The number of aromatic nitrogens is 1. The van der Waals surface area contributed by atoms with Crippen LogP contribution >= 0.6 is 0 Å². The minimum absolute atomic E-state index is 0.117. The lowest BCUT2D eigenvalue weighted by atomic mass is 10.0. The fourth-order valence-corrected chi connectivity index (χ4v) is 3.17. The number of anilines is 2. The second kappa shape index (κ2) is 8.05. The molecule has 150 valence electrons. The Hall–Kier alpha value is -3.81. The van der Waals surface area contributed by atoms with Gasteiger partial charge in [0, 0.05) is 23.3 Å². The largest absolute Gasteiger partial charge is 0.493 e. The number of carbonyl (C=O) groups excluding carboxylic acids is 2. The van der Waals surface area contributed by atoms with Crippen LogP contribution in [-0.2, 0) is 11.2 Å². The number of nitrogens with zero attached hydrogens (tertiary/aromatic N) is 1. The Morgan fingerprint density at radius 3 is 2.41 bits per heavy atom. The van der Waals surface area contributed by atoms with E-state index >= 15 is 0 Å². The minimum atomic E-state index is -0.623. The van der Waals surface area contributed by atoms with Gasteiger partial charge in [0.25, 0.3) is 5.91 Å². The molecule has 0 atom stereocenters. The number of carbonyl (C=O) groups is 2. The molecule has 8 heteroatoms. The predicted octanol–water partition coefficient (Wildman–Crippen LogP) is 2.43. The van der Waals surface area contributed by atoms with Crippen molar-refractivity contribution in [1.29, 1.82) is 0 Å². The molecule has 0 aliphatic heterocycles. The van der Waals surface area contributed by atoms with Gasteiger partial charge in [0.1, 0.15) is 0 Å². The predicted molar refractivity (Wildman–Crippen MR) is 111 cm³/mol. The quantitative estimate of drug-likeness (QED) is 0.564. The molecular formula is C21H22N4O4. The number of hydrogen-bond acceptors (Lipinski definition) is 6. The van der Waals surface area contributed by atoms with Crippen LogP contribution < -0.4 is 26.3 Å². The number of amides is 2.